The van der Waals surface area contributed by atoms with E-state index < -0.39 is 12.5 Å². The molecule has 3 aromatic rings. The van der Waals surface area contributed by atoms with Gasteiger partial charge in [-0.1, -0.05) is 12.1 Å². The number of hydrogen-bond acceptors (Lipinski definition) is 4. The number of amides is 2. The molecule has 0 radical (unpaired) electrons. The highest BCUT2D eigenvalue weighted by Crippen LogP contribution is 2.19. The maximum Gasteiger partial charge on any atom is 0.387 e. The van der Waals surface area contributed by atoms with E-state index in [1.54, 1.807) is 36.4 Å². The molecule has 2 N–H and O–H groups in total. The number of anilines is 1. The van der Waals surface area contributed by atoms with Gasteiger partial charge in [-0.15, -0.1) is 0 Å². The van der Waals surface area contributed by atoms with Crippen LogP contribution in [0.15, 0.2) is 71.3 Å². The first-order chi connectivity index (χ1) is 13.5. The maximum atomic E-state index is 12.4. The van der Waals surface area contributed by atoms with Crippen molar-refractivity contribution in [2.45, 2.75) is 13.2 Å². The molecule has 6 nitrogen and oxygen atoms in total. The Kier molecular flexibility index (Phi) is 6.01. The molecule has 0 unspecified atom stereocenters. The highest BCUT2D eigenvalue weighted by Gasteiger charge is 2.15. The summed E-state index contributed by atoms with van der Waals surface area (Å²) in [5.41, 5.74) is 0.824. The quantitative estimate of drug-likeness (QED) is 0.642. The van der Waals surface area contributed by atoms with Crippen LogP contribution in [0.5, 0.6) is 5.75 Å². The normalized spacial score (nSPS) is 10.5. The zero-order valence-corrected chi connectivity index (χ0v) is 14.5. The second kappa shape index (κ2) is 8.81. The predicted molar refractivity (Wildman–Crippen MR) is 97.3 cm³/mol. The van der Waals surface area contributed by atoms with Crippen LogP contribution in [0.2, 0.25) is 0 Å². The molecule has 0 atom stereocenters. The van der Waals surface area contributed by atoms with Crippen LogP contribution in [0.1, 0.15) is 26.5 Å². The van der Waals surface area contributed by atoms with Gasteiger partial charge in [-0.05, 0) is 48.5 Å². The number of benzene rings is 2. The largest absolute Gasteiger partial charge is 0.467 e. The minimum absolute atomic E-state index is 0.0516. The van der Waals surface area contributed by atoms with Crippen LogP contribution in [0.25, 0.3) is 0 Å². The lowest BCUT2D eigenvalue weighted by Crippen LogP contribution is -2.24. The number of rotatable bonds is 7. The van der Waals surface area contributed by atoms with Crippen molar-refractivity contribution in [2.75, 3.05) is 5.32 Å². The van der Waals surface area contributed by atoms with Crippen molar-refractivity contribution in [1.29, 1.82) is 0 Å². The molecule has 0 aliphatic carbocycles. The molecule has 3 rings (SSSR count). The summed E-state index contributed by atoms with van der Waals surface area (Å²) in [4.78, 5) is 24.9. The van der Waals surface area contributed by atoms with Gasteiger partial charge in [-0.2, -0.15) is 8.78 Å². The van der Waals surface area contributed by atoms with Crippen LogP contribution in [0.3, 0.4) is 0 Å². The van der Waals surface area contributed by atoms with Crippen molar-refractivity contribution in [3.05, 3.63) is 83.8 Å². The Morgan fingerprint density at radius 1 is 0.964 bits per heavy atom. The van der Waals surface area contributed by atoms with E-state index in [-0.39, 0.29) is 29.3 Å². The summed E-state index contributed by atoms with van der Waals surface area (Å²) in [6.07, 6.45) is 1.51. The number of carbonyl (C=O) groups is 2. The molecule has 0 spiro atoms. The minimum Gasteiger partial charge on any atom is -0.467 e. The number of nitrogens with one attached hydrogen (secondary N) is 2. The van der Waals surface area contributed by atoms with Gasteiger partial charge in [0.05, 0.1) is 24.1 Å². The van der Waals surface area contributed by atoms with Crippen molar-refractivity contribution in [3.8, 4) is 5.75 Å². The van der Waals surface area contributed by atoms with E-state index in [9.17, 15) is 18.4 Å². The van der Waals surface area contributed by atoms with Crippen LogP contribution in [0.4, 0.5) is 14.5 Å². The molecule has 0 saturated heterocycles. The molecule has 0 aliphatic heterocycles. The molecule has 2 amide bonds. The van der Waals surface area contributed by atoms with Crippen LogP contribution in [-0.2, 0) is 6.54 Å². The second-order valence-electron chi connectivity index (χ2n) is 5.66. The van der Waals surface area contributed by atoms with Gasteiger partial charge in [-0.25, -0.2) is 0 Å². The number of alkyl halides is 2. The highest BCUT2D eigenvalue weighted by atomic mass is 19.3. The summed E-state index contributed by atoms with van der Waals surface area (Å²) in [5, 5.41) is 5.36. The topological polar surface area (TPSA) is 80.6 Å². The average Bonchev–Trinajstić information content (AvgIpc) is 3.20. The molecule has 28 heavy (non-hydrogen) atoms. The third-order valence-electron chi connectivity index (χ3n) is 3.76. The Morgan fingerprint density at radius 2 is 1.71 bits per heavy atom. The summed E-state index contributed by atoms with van der Waals surface area (Å²) in [6, 6.07) is 15.2. The predicted octanol–water partition coefficient (Wildman–Crippen LogP) is 4.06. The Bertz CT molecular complexity index is 941. The average molecular weight is 386 g/mol. The van der Waals surface area contributed by atoms with Gasteiger partial charge in [0, 0.05) is 5.56 Å². The van der Waals surface area contributed by atoms with E-state index in [2.05, 4.69) is 15.4 Å². The van der Waals surface area contributed by atoms with Gasteiger partial charge >= 0.3 is 6.61 Å². The molecule has 0 fully saturated rings. The number of ether oxygens (including phenoxy) is 1. The zero-order valence-electron chi connectivity index (χ0n) is 14.5. The Hall–Kier alpha value is -3.68. The SMILES string of the molecule is O=C(Nc1ccccc1C(=O)NCc1ccco1)c1ccc(OC(F)F)cc1. The number of hydrogen-bond donors (Lipinski definition) is 2. The number of para-hydroxylation sites is 1. The van der Waals surface area contributed by atoms with Crippen molar-refractivity contribution in [2.24, 2.45) is 0 Å². The Balaban J connectivity index is 1.68. The molecule has 8 heteroatoms. The standard InChI is InChI=1S/C20H16F2N2O4/c21-20(22)28-14-9-7-13(8-10-14)18(25)24-17-6-2-1-5-16(17)19(26)23-12-15-4-3-11-27-15/h1-11,20H,12H2,(H,23,26)(H,24,25). The summed E-state index contributed by atoms with van der Waals surface area (Å²) < 4.78 is 33.8. The molecular formula is C20H16F2N2O4. The van der Waals surface area contributed by atoms with Crippen LogP contribution >= 0.6 is 0 Å². The van der Waals surface area contributed by atoms with Crippen LogP contribution < -0.4 is 15.4 Å². The van der Waals surface area contributed by atoms with Gasteiger partial charge in [0.1, 0.15) is 11.5 Å². The fraction of sp³-hybridized carbons (Fsp3) is 0.100. The molecule has 1 heterocycles. The summed E-state index contributed by atoms with van der Waals surface area (Å²) in [7, 11) is 0. The van der Waals surface area contributed by atoms with E-state index in [4.69, 9.17) is 4.42 Å². The second-order valence-corrected chi connectivity index (χ2v) is 5.66. The maximum absolute atomic E-state index is 12.4. The fourth-order valence-electron chi connectivity index (χ4n) is 2.45. The molecule has 0 aliphatic rings. The van der Waals surface area contributed by atoms with Gasteiger partial charge in [0.2, 0.25) is 0 Å². The number of furan rings is 1. The van der Waals surface area contributed by atoms with E-state index >= 15 is 0 Å². The summed E-state index contributed by atoms with van der Waals surface area (Å²) in [6.45, 7) is -2.73. The molecule has 2 aromatic carbocycles. The number of halogens is 2. The summed E-state index contributed by atoms with van der Waals surface area (Å²) in [5.74, 6) is -0.326. The van der Waals surface area contributed by atoms with Crippen LogP contribution in [-0.4, -0.2) is 18.4 Å². The third kappa shape index (κ3) is 4.94. The van der Waals surface area contributed by atoms with Gasteiger partial charge in [0.25, 0.3) is 11.8 Å². The van der Waals surface area contributed by atoms with E-state index in [0.717, 1.165) is 0 Å². The van der Waals surface area contributed by atoms with Gasteiger partial charge in [0.15, 0.2) is 0 Å². The first-order valence-electron chi connectivity index (χ1n) is 8.29. The molecule has 144 valence electrons. The van der Waals surface area contributed by atoms with Crippen molar-refractivity contribution in [3.63, 3.8) is 0 Å². The highest BCUT2D eigenvalue weighted by molar-refractivity contribution is 6.09. The smallest absolute Gasteiger partial charge is 0.387 e. The first-order valence-corrected chi connectivity index (χ1v) is 8.29. The summed E-state index contributed by atoms with van der Waals surface area (Å²) >= 11 is 0. The molecular weight excluding hydrogens is 370 g/mol. The fourth-order valence-corrected chi connectivity index (χ4v) is 2.45. The van der Waals surface area contributed by atoms with E-state index in [1.165, 1.54) is 30.5 Å². The Labute approximate surface area is 159 Å². The molecule has 0 bridgehead atoms. The molecule has 1 aromatic heterocycles. The van der Waals surface area contributed by atoms with Crippen molar-refractivity contribution >= 4 is 17.5 Å². The Morgan fingerprint density at radius 3 is 2.39 bits per heavy atom. The third-order valence-corrected chi connectivity index (χ3v) is 3.76. The van der Waals surface area contributed by atoms with Gasteiger partial charge in [-0.3, -0.25) is 9.59 Å². The van der Waals surface area contributed by atoms with Gasteiger partial charge < -0.3 is 19.8 Å². The lowest BCUT2D eigenvalue weighted by molar-refractivity contribution is -0.0498. The number of carbonyl (C=O) groups excluding carboxylic acids is 2. The van der Waals surface area contributed by atoms with E-state index in [0.29, 0.717) is 11.4 Å². The lowest BCUT2D eigenvalue weighted by atomic mass is 10.1. The minimum atomic E-state index is -2.94. The molecule has 0 saturated carbocycles. The monoisotopic (exact) mass is 386 g/mol. The van der Waals surface area contributed by atoms with E-state index in [1.807, 2.05) is 0 Å². The van der Waals surface area contributed by atoms with Crippen molar-refractivity contribution in [1.82, 2.24) is 5.32 Å². The lowest BCUT2D eigenvalue weighted by Gasteiger charge is -2.11. The van der Waals surface area contributed by atoms with Crippen molar-refractivity contribution < 1.29 is 27.5 Å². The zero-order chi connectivity index (χ0) is 19.9. The first kappa shape index (κ1) is 19.1. The van der Waals surface area contributed by atoms with Crippen LogP contribution in [0, 0.1) is 0 Å².